The van der Waals surface area contributed by atoms with Crippen LogP contribution in [0.2, 0.25) is 0 Å². The molecule has 1 aromatic heterocycles. The second-order valence-electron chi connectivity index (χ2n) is 4.74. The summed E-state index contributed by atoms with van der Waals surface area (Å²) in [7, 11) is 0. The molecule has 0 unspecified atom stereocenters. The van der Waals surface area contributed by atoms with Crippen molar-refractivity contribution in [3.8, 4) is 11.5 Å². The number of fused-ring (bicyclic) bond motifs is 1. The van der Waals surface area contributed by atoms with Crippen LogP contribution in [0, 0.1) is 6.92 Å². The van der Waals surface area contributed by atoms with E-state index in [1.807, 2.05) is 0 Å². The lowest BCUT2D eigenvalue weighted by Crippen LogP contribution is -2.26. The van der Waals surface area contributed by atoms with Gasteiger partial charge in [-0.1, -0.05) is 12.1 Å². The molecule has 0 fully saturated rings. The van der Waals surface area contributed by atoms with E-state index in [0.29, 0.717) is 11.3 Å². The standard InChI is InChI=1S/C15H12O5/c1-8-6-12-14(15(18)19-8)11(7-13(17)20-12)9-2-4-10(16)5-3-9/h2-6,11,16H,7H2,1H3/t11-/m0/s1. The lowest BCUT2D eigenvalue weighted by Gasteiger charge is -2.23. The van der Waals surface area contributed by atoms with E-state index in [4.69, 9.17) is 9.15 Å². The van der Waals surface area contributed by atoms with Crippen LogP contribution in [0.3, 0.4) is 0 Å². The maximum absolute atomic E-state index is 12.0. The lowest BCUT2D eigenvalue weighted by atomic mass is 9.87. The summed E-state index contributed by atoms with van der Waals surface area (Å²) in [5.41, 5.74) is 0.614. The minimum absolute atomic E-state index is 0.0750. The van der Waals surface area contributed by atoms with Crippen LogP contribution < -0.4 is 10.4 Å². The minimum atomic E-state index is -0.495. The number of carbonyl (C=O) groups is 1. The van der Waals surface area contributed by atoms with Gasteiger partial charge in [0.2, 0.25) is 0 Å². The van der Waals surface area contributed by atoms with Crippen molar-refractivity contribution in [2.24, 2.45) is 0 Å². The third-order valence-electron chi connectivity index (χ3n) is 3.31. The van der Waals surface area contributed by atoms with Gasteiger partial charge in [-0.05, 0) is 24.6 Å². The van der Waals surface area contributed by atoms with Crippen molar-refractivity contribution in [3.05, 3.63) is 57.6 Å². The molecule has 5 nitrogen and oxygen atoms in total. The molecule has 1 aliphatic heterocycles. The molecule has 2 aromatic rings. The number of phenols is 1. The quantitative estimate of drug-likeness (QED) is 0.804. The number of carbonyl (C=O) groups excluding carboxylic acids is 1. The third kappa shape index (κ3) is 2.07. The number of benzene rings is 1. The first-order valence-corrected chi connectivity index (χ1v) is 6.19. The second kappa shape index (κ2) is 4.52. The Balaban J connectivity index is 2.17. The summed E-state index contributed by atoms with van der Waals surface area (Å²) in [6, 6.07) is 7.94. The predicted octanol–water partition coefficient (Wildman–Crippen LogP) is 2.09. The molecule has 1 atom stereocenters. The van der Waals surface area contributed by atoms with E-state index < -0.39 is 11.5 Å². The van der Waals surface area contributed by atoms with Crippen LogP contribution in [0.5, 0.6) is 11.5 Å². The zero-order chi connectivity index (χ0) is 14.3. The van der Waals surface area contributed by atoms with Crippen molar-refractivity contribution < 1.29 is 19.1 Å². The SMILES string of the molecule is Cc1cc2c(c(=O)o1)[C@H](c1ccc(O)cc1)CC(=O)O2. The fourth-order valence-electron chi connectivity index (χ4n) is 2.42. The zero-order valence-electron chi connectivity index (χ0n) is 10.8. The number of aryl methyl sites for hydroxylation is 1. The fourth-order valence-corrected chi connectivity index (χ4v) is 2.42. The Morgan fingerprint density at radius 2 is 1.90 bits per heavy atom. The number of hydrogen-bond acceptors (Lipinski definition) is 5. The van der Waals surface area contributed by atoms with E-state index in [0.717, 1.165) is 5.56 Å². The molecule has 0 bridgehead atoms. The minimum Gasteiger partial charge on any atom is -0.508 e. The van der Waals surface area contributed by atoms with Gasteiger partial charge in [0.25, 0.3) is 0 Å². The smallest absolute Gasteiger partial charge is 0.343 e. The summed E-state index contributed by atoms with van der Waals surface area (Å²) >= 11 is 0. The predicted molar refractivity (Wildman–Crippen MR) is 69.9 cm³/mol. The van der Waals surface area contributed by atoms with E-state index in [-0.39, 0.29) is 23.9 Å². The maximum atomic E-state index is 12.0. The van der Waals surface area contributed by atoms with E-state index in [9.17, 15) is 14.7 Å². The third-order valence-corrected chi connectivity index (χ3v) is 3.31. The molecular weight excluding hydrogens is 260 g/mol. The highest BCUT2D eigenvalue weighted by Gasteiger charge is 2.32. The summed E-state index contributed by atoms with van der Waals surface area (Å²) < 4.78 is 10.2. The zero-order valence-corrected chi connectivity index (χ0v) is 10.8. The van der Waals surface area contributed by atoms with Gasteiger partial charge in [-0.2, -0.15) is 0 Å². The monoisotopic (exact) mass is 272 g/mol. The molecule has 0 saturated carbocycles. The first-order valence-electron chi connectivity index (χ1n) is 6.19. The highest BCUT2D eigenvalue weighted by atomic mass is 16.5. The van der Waals surface area contributed by atoms with Crippen LogP contribution in [-0.2, 0) is 4.79 Å². The molecule has 0 radical (unpaired) electrons. The molecule has 102 valence electrons. The fraction of sp³-hybridized carbons (Fsp3) is 0.200. The van der Waals surface area contributed by atoms with Gasteiger partial charge in [0, 0.05) is 12.0 Å². The number of aromatic hydroxyl groups is 1. The lowest BCUT2D eigenvalue weighted by molar-refractivity contribution is -0.135. The molecule has 0 saturated heterocycles. The first-order chi connectivity index (χ1) is 9.54. The molecule has 0 amide bonds. The topological polar surface area (TPSA) is 76.7 Å². The number of rotatable bonds is 1. The largest absolute Gasteiger partial charge is 0.508 e. The van der Waals surface area contributed by atoms with Gasteiger partial charge in [-0.25, -0.2) is 4.79 Å². The summed E-state index contributed by atoms with van der Waals surface area (Å²) in [5.74, 6) is -0.0199. The Kier molecular flexibility index (Phi) is 2.82. The maximum Gasteiger partial charge on any atom is 0.343 e. The van der Waals surface area contributed by atoms with Crippen LogP contribution in [0.1, 0.15) is 29.2 Å². The van der Waals surface area contributed by atoms with Crippen molar-refractivity contribution in [1.82, 2.24) is 0 Å². The van der Waals surface area contributed by atoms with Gasteiger partial charge < -0.3 is 14.3 Å². The first kappa shape index (κ1) is 12.5. The van der Waals surface area contributed by atoms with Crippen molar-refractivity contribution in [2.75, 3.05) is 0 Å². The summed E-state index contributed by atoms with van der Waals surface area (Å²) in [4.78, 5) is 23.7. The van der Waals surface area contributed by atoms with E-state index >= 15 is 0 Å². The van der Waals surface area contributed by atoms with Gasteiger partial charge in [0.05, 0.1) is 12.0 Å². The Labute approximate surface area is 114 Å². The molecule has 0 spiro atoms. The van der Waals surface area contributed by atoms with Crippen molar-refractivity contribution >= 4 is 5.97 Å². The average molecular weight is 272 g/mol. The Morgan fingerprint density at radius 3 is 2.60 bits per heavy atom. The summed E-state index contributed by atoms with van der Waals surface area (Å²) in [6.07, 6.45) is 0.0750. The molecule has 1 aliphatic rings. The number of hydrogen-bond donors (Lipinski definition) is 1. The van der Waals surface area contributed by atoms with E-state index in [2.05, 4.69) is 0 Å². The molecule has 0 aliphatic carbocycles. The van der Waals surface area contributed by atoms with Crippen LogP contribution in [0.25, 0.3) is 0 Å². The van der Waals surface area contributed by atoms with E-state index in [1.54, 1.807) is 25.1 Å². The Hall–Kier alpha value is -2.56. The molecular formula is C15H12O5. The van der Waals surface area contributed by atoms with Crippen LogP contribution in [0.15, 0.2) is 39.5 Å². The number of esters is 1. The molecule has 2 heterocycles. The van der Waals surface area contributed by atoms with Crippen LogP contribution in [-0.4, -0.2) is 11.1 Å². The Bertz CT molecular complexity index is 727. The van der Waals surface area contributed by atoms with Crippen LogP contribution in [0.4, 0.5) is 0 Å². The van der Waals surface area contributed by atoms with Crippen molar-refractivity contribution in [2.45, 2.75) is 19.3 Å². The highest BCUT2D eigenvalue weighted by Crippen LogP contribution is 2.37. The Morgan fingerprint density at radius 1 is 1.20 bits per heavy atom. The highest BCUT2D eigenvalue weighted by molar-refractivity contribution is 5.77. The molecule has 1 N–H and O–H groups in total. The number of phenolic OH excluding ortho intramolecular Hbond substituents is 1. The van der Waals surface area contributed by atoms with Crippen molar-refractivity contribution in [3.63, 3.8) is 0 Å². The van der Waals surface area contributed by atoms with Gasteiger partial charge >= 0.3 is 11.6 Å². The average Bonchev–Trinajstić information content (AvgIpc) is 2.37. The van der Waals surface area contributed by atoms with Gasteiger partial charge in [-0.15, -0.1) is 0 Å². The number of ether oxygens (including phenoxy) is 1. The van der Waals surface area contributed by atoms with Gasteiger partial charge in [0.15, 0.2) is 0 Å². The molecule has 1 aromatic carbocycles. The molecule has 5 heteroatoms. The summed E-state index contributed by atoms with van der Waals surface area (Å²) in [6.45, 7) is 1.62. The van der Waals surface area contributed by atoms with Gasteiger partial charge in [0.1, 0.15) is 17.3 Å². The molecule has 3 rings (SSSR count). The van der Waals surface area contributed by atoms with E-state index in [1.165, 1.54) is 12.1 Å². The molecule has 20 heavy (non-hydrogen) atoms. The van der Waals surface area contributed by atoms with Gasteiger partial charge in [-0.3, -0.25) is 4.79 Å². The summed E-state index contributed by atoms with van der Waals surface area (Å²) in [5, 5.41) is 9.32. The second-order valence-corrected chi connectivity index (χ2v) is 4.74. The normalized spacial score (nSPS) is 17.4. The van der Waals surface area contributed by atoms with Crippen LogP contribution >= 0.6 is 0 Å². The van der Waals surface area contributed by atoms with Crippen molar-refractivity contribution in [1.29, 1.82) is 0 Å².